The van der Waals surface area contributed by atoms with Gasteiger partial charge in [-0.05, 0) is 79.2 Å². The number of amides is 1. The molecule has 2 aromatic heterocycles. The zero-order valence-corrected chi connectivity index (χ0v) is 20.3. The van der Waals surface area contributed by atoms with Gasteiger partial charge in [0.25, 0.3) is 5.91 Å². The number of nitrogens with one attached hydrogen (secondary N) is 1. The van der Waals surface area contributed by atoms with Crippen molar-refractivity contribution >= 4 is 53.2 Å². The summed E-state index contributed by atoms with van der Waals surface area (Å²) < 4.78 is 7.13. The Morgan fingerprint density at radius 3 is 2.47 bits per heavy atom. The number of halogens is 2. The van der Waals surface area contributed by atoms with Crippen molar-refractivity contribution in [2.75, 3.05) is 5.75 Å². The van der Waals surface area contributed by atoms with Gasteiger partial charge >= 0.3 is 0 Å². The molecular formula is C24H19Cl2N5O2S. The number of hydrazone groups is 1. The maximum atomic E-state index is 12.3. The van der Waals surface area contributed by atoms with E-state index in [4.69, 9.17) is 27.6 Å². The molecule has 0 saturated heterocycles. The minimum Gasteiger partial charge on any atom is -0.465 e. The quantitative estimate of drug-likeness (QED) is 0.174. The van der Waals surface area contributed by atoms with Crippen molar-refractivity contribution < 1.29 is 9.21 Å². The molecule has 0 spiro atoms. The molecule has 0 unspecified atom stereocenters. The molecule has 172 valence electrons. The lowest BCUT2D eigenvalue weighted by molar-refractivity contribution is -0.118. The number of thioether (sulfide) groups is 1. The zero-order valence-electron chi connectivity index (χ0n) is 18.0. The highest BCUT2D eigenvalue weighted by Gasteiger charge is 2.17. The molecule has 4 aromatic rings. The van der Waals surface area contributed by atoms with Crippen LogP contribution in [0.2, 0.25) is 10.0 Å². The highest BCUT2D eigenvalue weighted by molar-refractivity contribution is 7.99. The van der Waals surface area contributed by atoms with Crippen LogP contribution in [0.4, 0.5) is 0 Å². The fourth-order valence-corrected chi connectivity index (χ4v) is 3.97. The Morgan fingerprint density at radius 1 is 1.09 bits per heavy atom. The van der Waals surface area contributed by atoms with Gasteiger partial charge in [-0.15, -0.1) is 10.2 Å². The lowest BCUT2D eigenvalue weighted by atomic mass is 10.2. The molecule has 7 nitrogen and oxygen atoms in total. The molecule has 4 rings (SSSR count). The smallest absolute Gasteiger partial charge is 0.250 e. The second-order valence-electron chi connectivity index (χ2n) is 7.11. The SMILES string of the molecule is CC(/C=N\NC(=O)CSc1nnc(-c2ccc(Cl)cc2)n1-c1ccc(Cl)cc1)=C\c1ccco1. The third kappa shape index (κ3) is 6.17. The number of carbonyl (C=O) groups excluding carboxylic acids is 1. The van der Waals surface area contributed by atoms with Crippen LogP contribution in [0.3, 0.4) is 0 Å². The summed E-state index contributed by atoms with van der Waals surface area (Å²) in [5.41, 5.74) is 5.01. The van der Waals surface area contributed by atoms with E-state index in [-0.39, 0.29) is 11.7 Å². The normalized spacial score (nSPS) is 11.8. The second kappa shape index (κ2) is 11.2. The number of rotatable bonds is 8. The molecule has 10 heteroatoms. The van der Waals surface area contributed by atoms with Crippen LogP contribution in [0.25, 0.3) is 23.2 Å². The number of hydrogen-bond donors (Lipinski definition) is 1. The summed E-state index contributed by atoms with van der Waals surface area (Å²) in [4.78, 5) is 12.3. The van der Waals surface area contributed by atoms with E-state index in [1.807, 2.05) is 47.9 Å². The molecule has 1 amide bonds. The Labute approximate surface area is 210 Å². The standard InChI is InChI=1S/C24H19Cl2N5O2S/c1-16(13-21-3-2-12-33-21)14-27-28-22(32)15-34-24-30-29-23(17-4-6-18(25)7-5-17)31(24)20-10-8-19(26)9-11-20/h2-14H,15H2,1H3,(H,28,32)/b16-13+,27-14-. The second-order valence-corrected chi connectivity index (χ2v) is 8.93. The maximum absolute atomic E-state index is 12.3. The topological polar surface area (TPSA) is 85.3 Å². The Balaban J connectivity index is 1.48. The summed E-state index contributed by atoms with van der Waals surface area (Å²) in [6.45, 7) is 1.86. The van der Waals surface area contributed by atoms with E-state index in [0.29, 0.717) is 26.8 Å². The summed E-state index contributed by atoms with van der Waals surface area (Å²) in [5.74, 6) is 1.16. The molecule has 0 bridgehead atoms. The number of aromatic nitrogens is 3. The fraction of sp³-hybridized carbons (Fsp3) is 0.0833. The van der Waals surface area contributed by atoms with Gasteiger partial charge in [0, 0.05) is 21.3 Å². The van der Waals surface area contributed by atoms with Gasteiger partial charge in [-0.25, -0.2) is 5.43 Å². The molecule has 1 N–H and O–H groups in total. The Bertz CT molecular complexity index is 1310. The zero-order chi connectivity index (χ0) is 23.9. The minimum atomic E-state index is -0.272. The van der Waals surface area contributed by atoms with Crippen molar-refractivity contribution in [2.45, 2.75) is 12.1 Å². The van der Waals surface area contributed by atoms with Gasteiger partial charge in [-0.2, -0.15) is 5.10 Å². The van der Waals surface area contributed by atoms with Crippen molar-refractivity contribution in [2.24, 2.45) is 5.10 Å². The first-order valence-corrected chi connectivity index (χ1v) is 11.9. The van der Waals surface area contributed by atoms with Crippen molar-refractivity contribution in [3.05, 3.63) is 88.3 Å². The van der Waals surface area contributed by atoms with Gasteiger partial charge in [0.05, 0.1) is 18.2 Å². The molecule has 0 aliphatic rings. The average molecular weight is 512 g/mol. The Hall–Kier alpha value is -3.33. The minimum absolute atomic E-state index is 0.102. The molecular weight excluding hydrogens is 493 g/mol. The third-order valence-electron chi connectivity index (χ3n) is 4.52. The van der Waals surface area contributed by atoms with Crippen LogP contribution in [-0.4, -0.2) is 32.6 Å². The first-order valence-electron chi connectivity index (χ1n) is 10.1. The van der Waals surface area contributed by atoms with Crippen LogP contribution in [0.1, 0.15) is 12.7 Å². The van der Waals surface area contributed by atoms with E-state index in [2.05, 4.69) is 20.7 Å². The Morgan fingerprint density at radius 2 is 1.79 bits per heavy atom. The lowest BCUT2D eigenvalue weighted by Crippen LogP contribution is -2.20. The van der Waals surface area contributed by atoms with Crippen LogP contribution >= 0.6 is 35.0 Å². The predicted octanol–water partition coefficient (Wildman–Crippen LogP) is 6.13. The van der Waals surface area contributed by atoms with E-state index >= 15 is 0 Å². The molecule has 0 fully saturated rings. The van der Waals surface area contributed by atoms with Gasteiger partial charge in [0.1, 0.15) is 5.76 Å². The highest BCUT2D eigenvalue weighted by atomic mass is 35.5. The van der Waals surface area contributed by atoms with Crippen LogP contribution in [0, 0.1) is 0 Å². The first-order chi connectivity index (χ1) is 16.5. The van der Waals surface area contributed by atoms with Gasteiger partial charge in [-0.3, -0.25) is 9.36 Å². The van der Waals surface area contributed by atoms with E-state index in [1.54, 1.807) is 42.8 Å². The van der Waals surface area contributed by atoms with E-state index in [0.717, 1.165) is 16.8 Å². The first kappa shape index (κ1) is 23.8. The highest BCUT2D eigenvalue weighted by Crippen LogP contribution is 2.29. The third-order valence-corrected chi connectivity index (χ3v) is 5.96. The number of allylic oxidation sites excluding steroid dienone is 1. The number of nitrogens with zero attached hydrogens (tertiary/aromatic N) is 4. The van der Waals surface area contributed by atoms with Gasteiger partial charge in [0.15, 0.2) is 11.0 Å². The summed E-state index contributed by atoms with van der Waals surface area (Å²) in [7, 11) is 0. The maximum Gasteiger partial charge on any atom is 0.250 e. The van der Waals surface area contributed by atoms with Crippen LogP contribution in [-0.2, 0) is 4.79 Å². The molecule has 2 aromatic carbocycles. The summed E-state index contributed by atoms with van der Waals surface area (Å²) in [6, 6.07) is 18.3. The number of carbonyl (C=O) groups is 1. The Kier molecular flexibility index (Phi) is 7.84. The van der Waals surface area contributed by atoms with Crippen molar-refractivity contribution in [3.8, 4) is 17.1 Å². The molecule has 0 atom stereocenters. The molecule has 0 aliphatic carbocycles. The number of benzene rings is 2. The van der Waals surface area contributed by atoms with Gasteiger partial charge in [0.2, 0.25) is 0 Å². The van der Waals surface area contributed by atoms with Crippen LogP contribution in [0.5, 0.6) is 0 Å². The van der Waals surface area contributed by atoms with Crippen LogP contribution in [0.15, 0.2) is 87.2 Å². The summed E-state index contributed by atoms with van der Waals surface area (Å²) in [5, 5.41) is 14.5. The van der Waals surface area contributed by atoms with Crippen molar-refractivity contribution in [3.63, 3.8) is 0 Å². The molecule has 34 heavy (non-hydrogen) atoms. The number of furan rings is 1. The van der Waals surface area contributed by atoms with Crippen molar-refractivity contribution in [1.82, 2.24) is 20.2 Å². The van der Waals surface area contributed by atoms with Crippen molar-refractivity contribution in [1.29, 1.82) is 0 Å². The molecule has 0 aliphatic heterocycles. The fourth-order valence-electron chi connectivity index (χ4n) is 2.98. The molecule has 0 saturated carbocycles. The molecule has 2 heterocycles. The summed E-state index contributed by atoms with van der Waals surface area (Å²) >= 11 is 13.3. The van der Waals surface area contributed by atoms with E-state index in [1.165, 1.54) is 11.8 Å². The average Bonchev–Trinajstić information content (AvgIpc) is 3.49. The predicted molar refractivity (Wildman–Crippen MR) is 137 cm³/mol. The van der Waals surface area contributed by atoms with E-state index in [9.17, 15) is 4.79 Å². The monoisotopic (exact) mass is 511 g/mol. The lowest BCUT2D eigenvalue weighted by Gasteiger charge is -2.10. The summed E-state index contributed by atoms with van der Waals surface area (Å²) in [6.07, 6.45) is 4.97. The van der Waals surface area contributed by atoms with Gasteiger partial charge in [-0.1, -0.05) is 35.0 Å². The van der Waals surface area contributed by atoms with Gasteiger partial charge < -0.3 is 4.42 Å². The van der Waals surface area contributed by atoms with Crippen LogP contribution < -0.4 is 5.43 Å². The number of hydrogen-bond acceptors (Lipinski definition) is 6. The molecule has 0 radical (unpaired) electrons. The largest absolute Gasteiger partial charge is 0.465 e. The van der Waals surface area contributed by atoms with E-state index < -0.39 is 0 Å².